The summed E-state index contributed by atoms with van der Waals surface area (Å²) in [6.07, 6.45) is 3.88. The van der Waals surface area contributed by atoms with E-state index >= 15 is 0 Å². The number of nitrogens with one attached hydrogen (secondary N) is 1. The molecule has 0 aliphatic heterocycles. The zero-order chi connectivity index (χ0) is 13.1. The molecule has 2 aromatic rings. The van der Waals surface area contributed by atoms with Gasteiger partial charge in [0.25, 0.3) is 0 Å². The number of carbonyl (C=O) groups excluding carboxylic acids is 1. The van der Waals surface area contributed by atoms with Crippen LogP contribution in [-0.4, -0.2) is 32.5 Å². The molecule has 0 radical (unpaired) electrons. The molecule has 0 unspecified atom stereocenters. The predicted molar refractivity (Wildman–Crippen MR) is 73.2 cm³/mol. The second-order valence-corrected chi connectivity index (χ2v) is 5.39. The van der Waals surface area contributed by atoms with Crippen LogP contribution in [0.5, 0.6) is 0 Å². The van der Waals surface area contributed by atoms with E-state index in [0.29, 0.717) is 11.8 Å². The zero-order valence-electron chi connectivity index (χ0n) is 10.3. The average Bonchev–Trinajstić information content (AvgIpc) is 3.12. The fourth-order valence-corrected chi connectivity index (χ4v) is 2.46. The highest BCUT2D eigenvalue weighted by molar-refractivity contribution is 7.99. The summed E-state index contributed by atoms with van der Waals surface area (Å²) >= 11 is 1.40. The van der Waals surface area contributed by atoms with Crippen LogP contribution in [0.3, 0.4) is 0 Å². The summed E-state index contributed by atoms with van der Waals surface area (Å²) in [7, 11) is 0. The zero-order valence-corrected chi connectivity index (χ0v) is 11.1. The lowest BCUT2D eigenvalue weighted by molar-refractivity contribution is -0.118. The van der Waals surface area contributed by atoms with Crippen molar-refractivity contribution in [3.05, 3.63) is 36.7 Å². The van der Waals surface area contributed by atoms with E-state index in [4.69, 9.17) is 0 Å². The molecule has 1 N–H and O–H groups in total. The third kappa shape index (κ3) is 3.14. The number of hydrogen-bond acceptors (Lipinski definition) is 4. The number of hydrogen-bond donors (Lipinski definition) is 1. The van der Waals surface area contributed by atoms with Crippen LogP contribution in [-0.2, 0) is 4.79 Å². The van der Waals surface area contributed by atoms with Crippen molar-refractivity contribution in [3.63, 3.8) is 0 Å². The molecular formula is C13H14N4OS. The highest BCUT2D eigenvalue weighted by Crippen LogP contribution is 2.21. The van der Waals surface area contributed by atoms with Crippen molar-refractivity contribution in [2.24, 2.45) is 0 Å². The number of aromatic nitrogens is 3. The molecular weight excluding hydrogens is 260 g/mol. The van der Waals surface area contributed by atoms with E-state index in [2.05, 4.69) is 15.5 Å². The van der Waals surface area contributed by atoms with Gasteiger partial charge >= 0.3 is 0 Å². The predicted octanol–water partition coefficient (Wildman–Crippen LogP) is 1.64. The van der Waals surface area contributed by atoms with E-state index in [1.54, 1.807) is 6.33 Å². The van der Waals surface area contributed by atoms with Crippen molar-refractivity contribution >= 4 is 17.7 Å². The molecule has 1 aromatic heterocycles. The van der Waals surface area contributed by atoms with Gasteiger partial charge in [-0.2, -0.15) is 0 Å². The van der Waals surface area contributed by atoms with Crippen molar-refractivity contribution in [2.45, 2.75) is 24.0 Å². The highest BCUT2D eigenvalue weighted by Gasteiger charge is 2.23. The van der Waals surface area contributed by atoms with Gasteiger partial charge in [0.2, 0.25) is 5.91 Å². The summed E-state index contributed by atoms with van der Waals surface area (Å²) in [5.74, 6) is 0.442. The standard InChI is InChI=1S/C13H14N4OS/c18-12(15-10-6-7-10)8-19-13-16-14-9-17(13)11-4-2-1-3-5-11/h1-5,9-10H,6-8H2,(H,15,18). The van der Waals surface area contributed by atoms with Crippen LogP contribution in [0, 0.1) is 0 Å². The maximum Gasteiger partial charge on any atom is 0.230 e. The Balaban J connectivity index is 1.65. The number of carbonyl (C=O) groups is 1. The van der Waals surface area contributed by atoms with Gasteiger partial charge in [-0.05, 0) is 25.0 Å². The smallest absolute Gasteiger partial charge is 0.230 e. The summed E-state index contributed by atoms with van der Waals surface area (Å²) in [5, 5.41) is 11.7. The van der Waals surface area contributed by atoms with Crippen LogP contribution in [0.15, 0.2) is 41.8 Å². The molecule has 0 spiro atoms. The van der Waals surface area contributed by atoms with E-state index in [1.165, 1.54) is 11.8 Å². The summed E-state index contributed by atoms with van der Waals surface area (Å²) < 4.78 is 1.88. The molecule has 0 bridgehead atoms. The van der Waals surface area contributed by atoms with Gasteiger partial charge < -0.3 is 5.32 Å². The topological polar surface area (TPSA) is 59.8 Å². The molecule has 1 saturated carbocycles. The molecule has 3 rings (SSSR count). The average molecular weight is 274 g/mol. The number of amides is 1. The maximum atomic E-state index is 11.6. The van der Waals surface area contributed by atoms with E-state index < -0.39 is 0 Å². The Kier molecular flexibility index (Phi) is 3.50. The van der Waals surface area contributed by atoms with Gasteiger partial charge in [0.15, 0.2) is 5.16 Å². The molecule has 1 aromatic carbocycles. The molecule has 5 nitrogen and oxygen atoms in total. The molecule has 6 heteroatoms. The Morgan fingerprint density at radius 1 is 1.37 bits per heavy atom. The molecule has 1 amide bonds. The number of nitrogens with zero attached hydrogens (tertiary/aromatic N) is 3. The van der Waals surface area contributed by atoms with Crippen LogP contribution < -0.4 is 5.32 Å². The molecule has 1 fully saturated rings. The van der Waals surface area contributed by atoms with Gasteiger partial charge in [-0.15, -0.1) is 10.2 Å². The fraction of sp³-hybridized carbons (Fsp3) is 0.308. The molecule has 1 aliphatic rings. The Morgan fingerprint density at radius 3 is 2.89 bits per heavy atom. The van der Waals surface area contributed by atoms with Crippen molar-refractivity contribution in [3.8, 4) is 5.69 Å². The molecule has 98 valence electrons. The first-order valence-electron chi connectivity index (χ1n) is 6.20. The summed E-state index contributed by atoms with van der Waals surface area (Å²) in [6.45, 7) is 0. The van der Waals surface area contributed by atoms with Crippen LogP contribution in [0.2, 0.25) is 0 Å². The normalized spacial score (nSPS) is 14.3. The fourth-order valence-electron chi connectivity index (χ4n) is 1.72. The van der Waals surface area contributed by atoms with Crippen LogP contribution >= 0.6 is 11.8 Å². The maximum absolute atomic E-state index is 11.6. The first-order valence-corrected chi connectivity index (χ1v) is 7.19. The van der Waals surface area contributed by atoms with E-state index in [1.807, 2.05) is 34.9 Å². The van der Waals surface area contributed by atoms with E-state index in [9.17, 15) is 4.79 Å². The van der Waals surface area contributed by atoms with Gasteiger partial charge in [-0.1, -0.05) is 30.0 Å². The Bertz CT molecular complexity index is 565. The third-order valence-corrected chi connectivity index (χ3v) is 3.77. The molecule has 0 atom stereocenters. The first-order chi connectivity index (χ1) is 9.33. The second-order valence-electron chi connectivity index (χ2n) is 4.45. The minimum atomic E-state index is 0.0649. The minimum Gasteiger partial charge on any atom is -0.353 e. The SMILES string of the molecule is O=C(CSc1nncn1-c1ccccc1)NC1CC1. The van der Waals surface area contributed by atoms with E-state index in [-0.39, 0.29) is 5.91 Å². The van der Waals surface area contributed by atoms with Gasteiger partial charge in [0.1, 0.15) is 6.33 Å². The number of thioether (sulfide) groups is 1. The Hall–Kier alpha value is -1.82. The quantitative estimate of drug-likeness (QED) is 0.842. The van der Waals surface area contributed by atoms with Crippen LogP contribution in [0.1, 0.15) is 12.8 Å². The lowest BCUT2D eigenvalue weighted by atomic mass is 10.3. The van der Waals surface area contributed by atoms with Crippen molar-refractivity contribution < 1.29 is 4.79 Å². The summed E-state index contributed by atoms with van der Waals surface area (Å²) in [6, 6.07) is 10.3. The minimum absolute atomic E-state index is 0.0649. The van der Waals surface area contributed by atoms with Gasteiger partial charge in [-0.25, -0.2) is 0 Å². The van der Waals surface area contributed by atoms with Crippen molar-refractivity contribution in [2.75, 3.05) is 5.75 Å². The first kappa shape index (κ1) is 12.2. The third-order valence-electron chi connectivity index (χ3n) is 2.83. The number of para-hydroxylation sites is 1. The lowest BCUT2D eigenvalue weighted by Crippen LogP contribution is -2.27. The van der Waals surface area contributed by atoms with Gasteiger partial charge in [-0.3, -0.25) is 9.36 Å². The van der Waals surface area contributed by atoms with Crippen molar-refractivity contribution in [1.29, 1.82) is 0 Å². The second kappa shape index (κ2) is 5.44. The number of benzene rings is 1. The Morgan fingerprint density at radius 2 is 2.16 bits per heavy atom. The van der Waals surface area contributed by atoms with Gasteiger partial charge in [0, 0.05) is 11.7 Å². The lowest BCUT2D eigenvalue weighted by Gasteiger charge is -2.06. The summed E-state index contributed by atoms with van der Waals surface area (Å²) in [4.78, 5) is 11.6. The van der Waals surface area contributed by atoms with Crippen LogP contribution in [0.25, 0.3) is 5.69 Å². The number of rotatable bonds is 5. The van der Waals surface area contributed by atoms with Crippen LogP contribution in [0.4, 0.5) is 0 Å². The monoisotopic (exact) mass is 274 g/mol. The summed E-state index contributed by atoms with van der Waals surface area (Å²) in [5.41, 5.74) is 0.998. The molecule has 0 saturated heterocycles. The molecule has 1 aliphatic carbocycles. The van der Waals surface area contributed by atoms with E-state index in [0.717, 1.165) is 23.7 Å². The highest BCUT2D eigenvalue weighted by atomic mass is 32.2. The van der Waals surface area contributed by atoms with Gasteiger partial charge in [0.05, 0.1) is 5.75 Å². The van der Waals surface area contributed by atoms with Crippen molar-refractivity contribution in [1.82, 2.24) is 20.1 Å². The Labute approximate surface area is 115 Å². The molecule has 19 heavy (non-hydrogen) atoms. The molecule has 1 heterocycles. The largest absolute Gasteiger partial charge is 0.353 e.